The van der Waals surface area contributed by atoms with Crippen molar-refractivity contribution in [1.29, 1.82) is 0 Å². The van der Waals surface area contributed by atoms with Crippen molar-refractivity contribution in [3.8, 4) is 0 Å². The first kappa shape index (κ1) is 21.0. The summed E-state index contributed by atoms with van der Waals surface area (Å²) in [5.41, 5.74) is 3.22. The summed E-state index contributed by atoms with van der Waals surface area (Å²) < 4.78 is 7.12. The molecule has 3 rings (SSSR count). The third kappa shape index (κ3) is 5.03. The molecule has 2 aromatic heterocycles. The van der Waals surface area contributed by atoms with Gasteiger partial charge in [0.2, 0.25) is 0 Å². The molecule has 1 atom stereocenters. The molecule has 7 heteroatoms. The molecule has 3 aromatic rings. The zero-order valence-corrected chi connectivity index (χ0v) is 18.3. The van der Waals surface area contributed by atoms with Gasteiger partial charge in [-0.2, -0.15) is 5.10 Å². The van der Waals surface area contributed by atoms with Crippen LogP contribution >= 0.6 is 11.3 Å². The van der Waals surface area contributed by atoms with Gasteiger partial charge in [-0.1, -0.05) is 43.7 Å². The van der Waals surface area contributed by atoms with E-state index in [4.69, 9.17) is 4.74 Å². The molecule has 6 nitrogen and oxygen atoms in total. The van der Waals surface area contributed by atoms with Crippen molar-refractivity contribution in [2.24, 2.45) is 5.92 Å². The Kier molecular flexibility index (Phi) is 6.37. The lowest BCUT2D eigenvalue weighted by atomic mass is 10.1. The van der Waals surface area contributed by atoms with Gasteiger partial charge >= 0.3 is 5.97 Å². The molecular formula is C22H27N3O3S. The van der Waals surface area contributed by atoms with E-state index in [0.717, 1.165) is 21.5 Å². The molecule has 0 spiro atoms. The maximum Gasteiger partial charge on any atom is 0.348 e. The Hall–Kier alpha value is -2.67. The lowest BCUT2D eigenvalue weighted by molar-refractivity contribution is -0.125. The van der Waals surface area contributed by atoms with Crippen molar-refractivity contribution < 1.29 is 14.3 Å². The number of fused-ring (bicyclic) bond motifs is 1. The SMILES string of the molecule is Cc1ccc(Cn2nc(C)c3cc(C(=O)OCC(=O)N[C@@H](C)C(C)C)sc32)cc1. The van der Waals surface area contributed by atoms with Crippen molar-refractivity contribution in [3.05, 3.63) is 52.0 Å². The fourth-order valence-electron chi connectivity index (χ4n) is 2.85. The Morgan fingerprint density at radius 1 is 1.17 bits per heavy atom. The molecule has 0 aliphatic rings. The molecule has 1 N–H and O–H groups in total. The highest BCUT2D eigenvalue weighted by Crippen LogP contribution is 2.29. The minimum Gasteiger partial charge on any atom is -0.451 e. The molecule has 0 bridgehead atoms. The molecule has 0 saturated heterocycles. The third-order valence-corrected chi connectivity index (χ3v) is 6.11. The van der Waals surface area contributed by atoms with E-state index in [1.54, 1.807) is 6.07 Å². The molecule has 0 unspecified atom stereocenters. The molecule has 0 fully saturated rings. The van der Waals surface area contributed by atoms with Crippen LogP contribution in [0.4, 0.5) is 0 Å². The normalized spacial score (nSPS) is 12.3. The van der Waals surface area contributed by atoms with Crippen LogP contribution in [0.15, 0.2) is 30.3 Å². The van der Waals surface area contributed by atoms with E-state index in [1.165, 1.54) is 16.9 Å². The smallest absolute Gasteiger partial charge is 0.348 e. The number of carbonyl (C=O) groups excluding carboxylic acids is 2. The number of nitrogens with zero attached hydrogens (tertiary/aromatic N) is 2. The van der Waals surface area contributed by atoms with E-state index in [2.05, 4.69) is 41.6 Å². The number of aryl methyl sites for hydroxylation is 2. The van der Waals surface area contributed by atoms with E-state index < -0.39 is 5.97 Å². The number of benzene rings is 1. The summed E-state index contributed by atoms with van der Waals surface area (Å²) in [5, 5.41) is 8.37. The van der Waals surface area contributed by atoms with Crippen LogP contribution in [0.1, 0.15) is 47.3 Å². The first-order valence-electron chi connectivity index (χ1n) is 9.73. The van der Waals surface area contributed by atoms with Crippen LogP contribution in [0.25, 0.3) is 10.2 Å². The fourth-order valence-corrected chi connectivity index (χ4v) is 3.91. The number of thiophene rings is 1. The third-order valence-electron chi connectivity index (χ3n) is 4.98. The zero-order chi connectivity index (χ0) is 21.1. The van der Waals surface area contributed by atoms with Crippen molar-refractivity contribution in [3.63, 3.8) is 0 Å². The first-order chi connectivity index (χ1) is 13.7. The topological polar surface area (TPSA) is 73.2 Å². The lowest BCUT2D eigenvalue weighted by Gasteiger charge is -2.17. The molecule has 0 aliphatic carbocycles. The quantitative estimate of drug-likeness (QED) is 0.593. The van der Waals surface area contributed by atoms with E-state index >= 15 is 0 Å². The second-order valence-corrected chi connectivity index (χ2v) is 8.77. The van der Waals surface area contributed by atoms with Gasteiger partial charge in [-0.25, -0.2) is 4.79 Å². The van der Waals surface area contributed by atoms with Crippen LogP contribution in [-0.4, -0.2) is 34.3 Å². The van der Waals surface area contributed by atoms with Crippen LogP contribution in [-0.2, 0) is 16.1 Å². The second-order valence-electron chi connectivity index (χ2n) is 7.73. The summed E-state index contributed by atoms with van der Waals surface area (Å²) in [7, 11) is 0. The van der Waals surface area contributed by atoms with Crippen molar-refractivity contribution >= 4 is 33.4 Å². The van der Waals surface area contributed by atoms with Crippen LogP contribution < -0.4 is 5.32 Å². The molecule has 1 aromatic carbocycles. The number of nitrogens with one attached hydrogen (secondary N) is 1. The van der Waals surface area contributed by atoms with Gasteiger partial charge in [0.05, 0.1) is 12.2 Å². The molecular weight excluding hydrogens is 386 g/mol. The predicted octanol–water partition coefficient (Wildman–Crippen LogP) is 4.08. The zero-order valence-electron chi connectivity index (χ0n) is 17.5. The average Bonchev–Trinajstić information content (AvgIpc) is 3.23. The van der Waals surface area contributed by atoms with Crippen LogP contribution in [0.3, 0.4) is 0 Å². The van der Waals surface area contributed by atoms with Gasteiger partial charge in [-0.05, 0) is 38.3 Å². The number of carbonyl (C=O) groups is 2. The van der Waals surface area contributed by atoms with E-state index in [9.17, 15) is 9.59 Å². The molecule has 0 aliphatic heterocycles. The molecule has 0 radical (unpaired) electrons. The highest BCUT2D eigenvalue weighted by atomic mass is 32.1. The minimum absolute atomic E-state index is 0.0286. The van der Waals surface area contributed by atoms with Gasteiger partial charge < -0.3 is 10.1 Å². The maximum atomic E-state index is 12.4. The van der Waals surface area contributed by atoms with Crippen molar-refractivity contribution in [2.75, 3.05) is 6.61 Å². The second kappa shape index (κ2) is 8.78. The molecule has 29 heavy (non-hydrogen) atoms. The van der Waals surface area contributed by atoms with Gasteiger partial charge in [0.25, 0.3) is 5.91 Å². The fraction of sp³-hybridized carbons (Fsp3) is 0.409. The number of hydrogen-bond acceptors (Lipinski definition) is 5. The lowest BCUT2D eigenvalue weighted by Crippen LogP contribution is -2.38. The Bertz CT molecular complexity index is 1020. The van der Waals surface area contributed by atoms with E-state index in [-0.39, 0.29) is 18.6 Å². The Labute approximate surface area is 174 Å². The van der Waals surface area contributed by atoms with Gasteiger partial charge in [0.1, 0.15) is 9.71 Å². The van der Waals surface area contributed by atoms with Crippen LogP contribution in [0.2, 0.25) is 0 Å². The van der Waals surface area contributed by atoms with Gasteiger partial charge in [0.15, 0.2) is 6.61 Å². The van der Waals surface area contributed by atoms with E-state index in [0.29, 0.717) is 17.3 Å². The molecule has 0 saturated carbocycles. The van der Waals surface area contributed by atoms with Crippen molar-refractivity contribution in [1.82, 2.24) is 15.1 Å². The number of ether oxygens (including phenoxy) is 1. The monoisotopic (exact) mass is 413 g/mol. The highest BCUT2D eigenvalue weighted by molar-refractivity contribution is 7.20. The summed E-state index contributed by atoms with van der Waals surface area (Å²) >= 11 is 1.34. The summed E-state index contributed by atoms with van der Waals surface area (Å²) in [5.74, 6) is -0.459. The number of esters is 1. The number of aromatic nitrogens is 2. The van der Waals surface area contributed by atoms with Crippen LogP contribution in [0, 0.1) is 19.8 Å². The average molecular weight is 414 g/mol. The standard InChI is InChI=1S/C22H27N3O3S/c1-13(2)15(4)23-20(26)12-28-22(27)19-10-18-16(5)24-25(21(18)29-19)11-17-8-6-14(3)7-9-17/h6-10,13,15H,11-12H2,1-5H3,(H,23,26)/t15-/m0/s1. The minimum atomic E-state index is -0.486. The maximum absolute atomic E-state index is 12.4. The highest BCUT2D eigenvalue weighted by Gasteiger charge is 2.19. The Balaban J connectivity index is 1.70. The number of rotatable bonds is 7. The molecule has 154 valence electrons. The number of hydrogen-bond donors (Lipinski definition) is 1. The summed E-state index contributed by atoms with van der Waals surface area (Å²) in [4.78, 5) is 25.8. The number of amides is 1. The molecule has 2 heterocycles. The van der Waals surface area contributed by atoms with Gasteiger partial charge in [-0.3, -0.25) is 9.48 Å². The van der Waals surface area contributed by atoms with E-state index in [1.807, 2.05) is 32.4 Å². The Morgan fingerprint density at radius 2 is 1.86 bits per heavy atom. The Morgan fingerprint density at radius 3 is 2.52 bits per heavy atom. The van der Waals surface area contributed by atoms with Gasteiger partial charge in [0, 0.05) is 11.4 Å². The van der Waals surface area contributed by atoms with Crippen LogP contribution in [0.5, 0.6) is 0 Å². The first-order valence-corrected chi connectivity index (χ1v) is 10.5. The predicted molar refractivity (Wildman–Crippen MR) is 115 cm³/mol. The summed E-state index contributed by atoms with van der Waals surface area (Å²) in [6, 6.07) is 10.1. The largest absolute Gasteiger partial charge is 0.451 e. The molecule has 1 amide bonds. The summed E-state index contributed by atoms with van der Waals surface area (Å²) in [6.07, 6.45) is 0. The summed E-state index contributed by atoms with van der Waals surface area (Å²) in [6.45, 7) is 10.3. The van der Waals surface area contributed by atoms with Gasteiger partial charge in [-0.15, -0.1) is 11.3 Å². The van der Waals surface area contributed by atoms with Crippen molar-refractivity contribution in [2.45, 2.75) is 47.2 Å².